The van der Waals surface area contributed by atoms with Crippen LogP contribution in [-0.4, -0.2) is 42.6 Å². The molecule has 2 amide bonds. The molecule has 1 heterocycles. The Morgan fingerprint density at radius 3 is 2.66 bits per heavy atom. The SMILES string of the molecule is COc1cccc(/C=C2/SC(=Nc3ccc(F)cc3)N(C)C2=O)c1OCC(N)=O. The van der Waals surface area contributed by atoms with E-state index in [4.69, 9.17) is 15.2 Å². The van der Waals surface area contributed by atoms with Gasteiger partial charge in [0.15, 0.2) is 23.3 Å². The molecule has 7 nitrogen and oxygen atoms in total. The van der Waals surface area contributed by atoms with Gasteiger partial charge in [0.05, 0.1) is 17.7 Å². The molecule has 2 aromatic carbocycles. The molecule has 0 aliphatic carbocycles. The first-order chi connectivity index (χ1) is 13.9. The molecule has 3 rings (SSSR count). The van der Waals surface area contributed by atoms with Crippen molar-refractivity contribution in [1.29, 1.82) is 0 Å². The van der Waals surface area contributed by atoms with E-state index in [9.17, 15) is 14.0 Å². The van der Waals surface area contributed by atoms with E-state index in [1.807, 2.05) is 0 Å². The monoisotopic (exact) mass is 415 g/mol. The number of hydrogen-bond acceptors (Lipinski definition) is 6. The van der Waals surface area contributed by atoms with Gasteiger partial charge in [-0.2, -0.15) is 0 Å². The smallest absolute Gasteiger partial charge is 0.266 e. The summed E-state index contributed by atoms with van der Waals surface area (Å²) in [5.74, 6) is -0.528. The van der Waals surface area contributed by atoms with Crippen LogP contribution >= 0.6 is 11.8 Å². The highest BCUT2D eigenvalue weighted by atomic mass is 32.2. The van der Waals surface area contributed by atoms with Crippen LogP contribution in [0.3, 0.4) is 0 Å². The van der Waals surface area contributed by atoms with Gasteiger partial charge >= 0.3 is 0 Å². The maximum Gasteiger partial charge on any atom is 0.266 e. The van der Waals surface area contributed by atoms with Crippen molar-refractivity contribution in [2.24, 2.45) is 10.7 Å². The highest BCUT2D eigenvalue weighted by molar-refractivity contribution is 8.18. The van der Waals surface area contributed by atoms with E-state index in [0.717, 1.165) is 0 Å². The van der Waals surface area contributed by atoms with E-state index >= 15 is 0 Å². The van der Waals surface area contributed by atoms with Crippen LogP contribution < -0.4 is 15.2 Å². The number of thioether (sulfide) groups is 1. The predicted molar refractivity (Wildman–Crippen MR) is 110 cm³/mol. The maximum absolute atomic E-state index is 13.1. The van der Waals surface area contributed by atoms with Crippen molar-refractivity contribution >= 4 is 40.5 Å². The number of carbonyl (C=O) groups excluding carboxylic acids is 2. The Morgan fingerprint density at radius 1 is 1.28 bits per heavy atom. The molecule has 2 aromatic rings. The van der Waals surface area contributed by atoms with Crippen LogP contribution in [0, 0.1) is 5.82 Å². The second-order valence-electron chi connectivity index (χ2n) is 5.98. The van der Waals surface area contributed by atoms with Crippen LogP contribution in [-0.2, 0) is 9.59 Å². The molecule has 0 radical (unpaired) electrons. The Balaban J connectivity index is 1.93. The summed E-state index contributed by atoms with van der Waals surface area (Å²) in [6.45, 7) is -0.325. The standard InChI is InChI=1S/C20H18FN3O4S/c1-24-19(26)16(29-20(24)23-14-8-6-13(21)7-9-14)10-12-4-3-5-15(27-2)18(12)28-11-17(22)25/h3-10H,11H2,1-2H3,(H2,22,25)/b16-10+,23-20?. The number of likely N-dealkylation sites (N-methyl/N-ethyl adjacent to an activating group) is 1. The zero-order chi connectivity index (χ0) is 21.0. The maximum atomic E-state index is 13.1. The number of methoxy groups -OCH3 is 1. The average Bonchev–Trinajstić information content (AvgIpc) is 2.96. The topological polar surface area (TPSA) is 94.2 Å². The first-order valence-corrected chi connectivity index (χ1v) is 9.30. The van der Waals surface area contributed by atoms with Crippen molar-refractivity contribution in [3.05, 3.63) is 58.8 Å². The van der Waals surface area contributed by atoms with E-state index in [1.165, 1.54) is 48.0 Å². The minimum Gasteiger partial charge on any atom is -0.493 e. The predicted octanol–water partition coefficient (Wildman–Crippen LogP) is 2.93. The molecule has 9 heteroatoms. The van der Waals surface area contributed by atoms with Crippen LogP contribution in [0.5, 0.6) is 11.5 Å². The number of nitrogens with two attached hydrogens (primary N) is 1. The van der Waals surface area contributed by atoms with Gasteiger partial charge in [0.2, 0.25) is 0 Å². The average molecular weight is 415 g/mol. The van der Waals surface area contributed by atoms with Crippen LogP contribution in [0.4, 0.5) is 10.1 Å². The number of amidine groups is 1. The second kappa shape index (κ2) is 8.78. The Morgan fingerprint density at radius 2 is 2.00 bits per heavy atom. The summed E-state index contributed by atoms with van der Waals surface area (Å²) >= 11 is 1.17. The fourth-order valence-electron chi connectivity index (χ4n) is 2.52. The molecule has 0 spiro atoms. The molecule has 0 atom stereocenters. The molecule has 0 saturated carbocycles. The Labute approximate surface area is 171 Å². The largest absolute Gasteiger partial charge is 0.493 e. The van der Waals surface area contributed by atoms with Gasteiger partial charge in [0, 0.05) is 12.6 Å². The van der Waals surface area contributed by atoms with E-state index < -0.39 is 5.91 Å². The number of rotatable bonds is 6. The molecule has 0 unspecified atom stereocenters. The summed E-state index contributed by atoms with van der Waals surface area (Å²) in [7, 11) is 3.08. The number of primary amides is 1. The van der Waals surface area contributed by atoms with E-state index in [2.05, 4.69) is 4.99 Å². The summed E-state index contributed by atoms with van der Waals surface area (Å²) in [5.41, 5.74) is 6.25. The molecule has 1 aliphatic rings. The van der Waals surface area contributed by atoms with Crippen molar-refractivity contribution in [2.45, 2.75) is 0 Å². The molecule has 1 aliphatic heterocycles. The fraction of sp³-hybridized carbons (Fsp3) is 0.150. The minimum absolute atomic E-state index is 0.250. The van der Waals surface area contributed by atoms with Crippen LogP contribution in [0.15, 0.2) is 52.4 Å². The lowest BCUT2D eigenvalue weighted by Gasteiger charge is -2.12. The van der Waals surface area contributed by atoms with Gasteiger partial charge < -0.3 is 15.2 Å². The van der Waals surface area contributed by atoms with Gasteiger partial charge in [-0.3, -0.25) is 14.5 Å². The lowest BCUT2D eigenvalue weighted by Crippen LogP contribution is -2.23. The van der Waals surface area contributed by atoms with Crippen LogP contribution in [0.1, 0.15) is 5.56 Å². The Kier molecular flexibility index (Phi) is 6.18. The summed E-state index contributed by atoms with van der Waals surface area (Å²) in [6, 6.07) is 10.8. The van der Waals surface area contributed by atoms with E-state index in [0.29, 0.717) is 32.8 Å². The molecule has 0 bridgehead atoms. The second-order valence-corrected chi connectivity index (χ2v) is 6.99. The molecule has 29 heavy (non-hydrogen) atoms. The Bertz CT molecular complexity index is 1010. The van der Waals surface area contributed by atoms with Crippen molar-refractivity contribution in [1.82, 2.24) is 4.90 Å². The van der Waals surface area contributed by atoms with Crippen molar-refractivity contribution < 1.29 is 23.5 Å². The third kappa shape index (κ3) is 4.75. The summed E-state index contributed by atoms with van der Waals surface area (Å²) in [5, 5.41) is 0.454. The first-order valence-electron chi connectivity index (χ1n) is 8.49. The number of benzene rings is 2. The van der Waals surface area contributed by atoms with Gasteiger partial charge in [-0.05, 0) is 48.2 Å². The highest BCUT2D eigenvalue weighted by Gasteiger charge is 2.30. The summed E-state index contributed by atoms with van der Waals surface area (Å²) in [4.78, 5) is 30.0. The lowest BCUT2D eigenvalue weighted by molar-refractivity contribution is -0.121. The molecule has 150 valence electrons. The molecule has 1 fully saturated rings. The number of hydrogen-bond donors (Lipinski definition) is 1. The quantitative estimate of drug-likeness (QED) is 0.732. The zero-order valence-electron chi connectivity index (χ0n) is 15.7. The number of carbonyl (C=O) groups is 2. The first kappa shape index (κ1) is 20.4. The van der Waals surface area contributed by atoms with Gasteiger partial charge in [0.1, 0.15) is 5.82 Å². The van der Waals surface area contributed by atoms with Crippen molar-refractivity contribution in [3.63, 3.8) is 0 Å². The molecule has 2 N–H and O–H groups in total. The lowest BCUT2D eigenvalue weighted by atomic mass is 10.1. The zero-order valence-corrected chi connectivity index (χ0v) is 16.5. The number of aliphatic imine (C=N–C) groups is 1. The van der Waals surface area contributed by atoms with Gasteiger partial charge in [-0.25, -0.2) is 9.38 Å². The van der Waals surface area contributed by atoms with Crippen molar-refractivity contribution in [2.75, 3.05) is 20.8 Å². The normalized spacial score (nSPS) is 16.5. The van der Waals surface area contributed by atoms with E-state index in [1.54, 1.807) is 31.3 Å². The third-order valence-electron chi connectivity index (χ3n) is 3.93. The minimum atomic E-state index is -0.630. The Hall–Kier alpha value is -3.33. The number of ether oxygens (including phenoxy) is 2. The number of nitrogens with zero attached hydrogens (tertiary/aromatic N) is 2. The highest BCUT2D eigenvalue weighted by Crippen LogP contribution is 2.37. The molecule has 1 saturated heterocycles. The summed E-state index contributed by atoms with van der Waals surface area (Å²) in [6.07, 6.45) is 1.63. The van der Waals surface area contributed by atoms with Crippen molar-refractivity contribution in [3.8, 4) is 11.5 Å². The molecular formula is C20H18FN3O4S. The van der Waals surface area contributed by atoms with Crippen LogP contribution in [0.25, 0.3) is 6.08 Å². The van der Waals surface area contributed by atoms with Gasteiger partial charge in [-0.1, -0.05) is 12.1 Å². The number of amides is 2. The van der Waals surface area contributed by atoms with Gasteiger partial charge in [0.25, 0.3) is 11.8 Å². The third-order valence-corrected chi connectivity index (χ3v) is 4.99. The number of halogens is 1. The molecular weight excluding hydrogens is 397 g/mol. The fourth-order valence-corrected chi connectivity index (χ4v) is 3.50. The summed E-state index contributed by atoms with van der Waals surface area (Å²) < 4.78 is 23.8. The molecule has 0 aromatic heterocycles. The van der Waals surface area contributed by atoms with Crippen LogP contribution in [0.2, 0.25) is 0 Å². The van der Waals surface area contributed by atoms with E-state index in [-0.39, 0.29) is 18.3 Å². The van der Waals surface area contributed by atoms with Gasteiger partial charge in [-0.15, -0.1) is 0 Å². The number of para-hydroxylation sites is 1.